The predicted octanol–water partition coefficient (Wildman–Crippen LogP) is 9.33. The van der Waals surface area contributed by atoms with Crippen LogP contribution in [0.25, 0.3) is 5.70 Å². The Morgan fingerprint density at radius 1 is 0.525 bits per heavy atom. The normalized spacial score (nSPS) is 14.4. The summed E-state index contributed by atoms with van der Waals surface area (Å²) in [5, 5.41) is 0. The van der Waals surface area contributed by atoms with Crippen LogP contribution in [0.15, 0.2) is 150 Å². The first-order valence-corrected chi connectivity index (χ1v) is 13.6. The number of allylic oxidation sites excluding steroid dienone is 1. The monoisotopic (exact) mass is 517 g/mol. The predicted molar refractivity (Wildman–Crippen MR) is 164 cm³/mol. The standard InChI is InChI=1S/C36H27N3O/c1-3-12-26(13-4-1)30-16-11-17-31(38-36(37-30)28-14-5-2-6-15-28)27-22-24-29(25-23-27)39-32-18-7-9-20-34(32)40-35-21-10-8-19-33(35)39/h1-10,12-16,18-25H,11,17H2. The van der Waals surface area contributed by atoms with Gasteiger partial charge < -0.3 is 9.64 Å². The highest BCUT2D eigenvalue weighted by Gasteiger charge is 2.25. The molecule has 0 spiro atoms. The van der Waals surface area contributed by atoms with Gasteiger partial charge in [0.05, 0.1) is 22.8 Å². The Bertz CT molecular complexity index is 1710. The van der Waals surface area contributed by atoms with E-state index in [0.717, 1.165) is 75.3 Å². The summed E-state index contributed by atoms with van der Waals surface area (Å²) >= 11 is 0. The number of nitrogens with zero attached hydrogens (tertiary/aromatic N) is 3. The number of anilines is 3. The first kappa shape index (κ1) is 23.9. The average Bonchev–Trinajstić information content (AvgIpc) is 3.01. The van der Waals surface area contributed by atoms with Gasteiger partial charge in [-0.05, 0) is 60.4 Å². The second kappa shape index (κ2) is 10.5. The van der Waals surface area contributed by atoms with Crippen molar-refractivity contribution in [3.63, 3.8) is 0 Å². The van der Waals surface area contributed by atoms with Crippen LogP contribution >= 0.6 is 0 Å². The van der Waals surface area contributed by atoms with E-state index in [4.69, 9.17) is 14.7 Å². The SMILES string of the molecule is C1=C(c2ccccc2)N=C(c2ccccc2)N=C(c2ccc(N3c4ccccc4Oc4ccccc43)cc2)CC1. The number of ether oxygens (including phenoxy) is 1. The summed E-state index contributed by atoms with van der Waals surface area (Å²) in [6.45, 7) is 0. The molecule has 0 N–H and O–H groups in total. The summed E-state index contributed by atoms with van der Waals surface area (Å²) in [7, 11) is 0. The largest absolute Gasteiger partial charge is 0.453 e. The van der Waals surface area contributed by atoms with Gasteiger partial charge in [-0.2, -0.15) is 0 Å². The molecule has 0 unspecified atom stereocenters. The maximum atomic E-state index is 6.19. The van der Waals surface area contributed by atoms with Gasteiger partial charge in [0.25, 0.3) is 0 Å². The van der Waals surface area contributed by atoms with E-state index < -0.39 is 0 Å². The fourth-order valence-electron chi connectivity index (χ4n) is 5.22. The molecular weight excluding hydrogens is 490 g/mol. The first-order valence-electron chi connectivity index (χ1n) is 13.6. The smallest absolute Gasteiger partial charge is 0.160 e. The molecule has 7 rings (SSSR count). The molecule has 0 fully saturated rings. The molecule has 4 nitrogen and oxygen atoms in total. The van der Waals surface area contributed by atoms with Crippen molar-refractivity contribution < 1.29 is 4.74 Å². The van der Waals surface area contributed by atoms with Crippen molar-refractivity contribution >= 4 is 34.3 Å². The fourth-order valence-corrected chi connectivity index (χ4v) is 5.22. The van der Waals surface area contributed by atoms with E-state index in [1.807, 2.05) is 72.8 Å². The van der Waals surface area contributed by atoms with Gasteiger partial charge in [0.15, 0.2) is 17.3 Å². The molecule has 40 heavy (non-hydrogen) atoms. The van der Waals surface area contributed by atoms with E-state index in [-0.39, 0.29) is 0 Å². The molecule has 2 aliphatic rings. The first-order chi connectivity index (χ1) is 19.8. The second-order valence-electron chi connectivity index (χ2n) is 9.77. The highest BCUT2D eigenvalue weighted by atomic mass is 16.5. The number of para-hydroxylation sites is 4. The van der Waals surface area contributed by atoms with Gasteiger partial charge in [-0.3, -0.25) is 0 Å². The average molecular weight is 518 g/mol. The number of amidine groups is 1. The summed E-state index contributed by atoms with van der Waals surface area (Å²) in [5.74, 6) is 2.42. The molecule has 0 atom stereocenters. The van der Waals surface area contributed by atoms with E-state index in [0.29, 0.717) is 0 Å². The molecule has 192 valence electrons. The topological polar surface area (TPSA) is 37.2 Å². The third-order valence-corrected chi connectivity index (χ3v) is 7.18. The second-order valence-corrected chi connectivity index (χ2v) is 9.77. The van der Waals surface area contributed by atoms with Gasteiger partial charge in [0, 0.05) is 11.3 Å². The lowest BCUT2D eigenvalue weighted by Gasteiger charge is -2.32. The van der Waals surface area contributed by atoms with E-state index in [9.17, 15) is 0 Å². The van der Waals surface area contributed by atoms with E-state index in [2.05, 4.69) is 71.6 Å². The van der Waals surface area contributed by atoms with Crippen LogP contribution in [-0.2, 0) is 0 Å². The maximum absolute atomic E-state index is 6.19. The molecule has 0 radical (unpaired) electrons. The molecule has 4 heteroatoms. The summed E-state index contributed by atoms with van der Waals surface area (Å²) in [5.41, 5.74) is 8.30. The van der Waals surface area contributed by atoms with Gasteiger partial charge >= 0.3 is 0 Å². The van der Waals surface area contributed by atoms with Crippen molar-refractivity contribution in [1.82, 2.24) is 0 Å². The molecule has 5 aromatic carbocycles. The Hall–Kier alpha value is -5.22. The zero-order valence-electron chi connectivity index (χ0n) is 21.9. The van der Waals surface area contributed by atoms with Gasteiger partial charge in [-0.1, -0.05) is 103 Å². The van der Waals surface area contributed by atoms with E-state index >= 15 is 0 Å². The van der Waals surface area contributed by atoms with Crippen molar-refractivity contribution in [3.8, 4) is 11.5 Å². The molecule has 0 aliphatic carbocycles. The van der Waals surface area contributed by atoms with Crippen LogP contribution in [0.5, 0.6) is 11.5 Å². The Kier molecular flexibility index (Phi) is 6.27. The lowest BCUT2D eigenvalue weighted by atomic mass is 10.0. The zero-order valence-corrected chi connectivity index (χ0v) is 21.9. The Morgan fingerprint density at radius 2 is 1.10 bits per heavy atom. The van der Waals surface area contributed by atoms with Gasteiger partial charge in [0.1, 0.15) is 0 Å². The van der Waals surface area contributed by atoms with Crippen molar-refractivity contribution in [2.24, 2.45) is 9.98 Å². The molecule has 0 bridgehead atoms. The van der Waals surface area contributed by atoms with Gasteiger partial charge in [-0.15, -0.1) is 0 Å². The quantitative estimate of drug-likeness (QED) is 0.234. The molecular formula is C36H27N3O. The van der Waals surface area contributed by atoms with Crippen LogP contribution in [-0.4, -0.2) is 11.5 Å². The third-order valence-electron chi connectivity index (χ3n) is 7.18. The van der Waals surface area contributed by atoms with Crippen LogP contribution in [0.4, 0.5) is 17.1 Å². The Labute approximate surface area is 234 Å². The molecule has 5 aromatic rings. The minimum Gasteiger partial charge on any atom is -0.453 e. The Balaban J connectivity index is 1.27. The summed E-state index contributed by atoms with van der Waals surface area (Å²) in [4.78, 5) is 12.5. The van der Waals surface area contributed by atoms with Gasteiger partial charge in [0.2, 0.25) is 0 Å². The molecule has 2 aliphatic heterocycles. The lowest BCUT2D eigenvalue weighted by Crippen LogP contribution is -2.16. The third kappa shape index (κ3) is 4.61. The van der Waals surface area contributed by atoms with Crippen LogP contribution in [0.3, 0.4) is 0 Å². The fraction of sp³-hybridized carbons (Fsp3) is 0.0556. The van der Waals surface area contributed by atoms with Gasteiger partial charge in [-0.25, -0.2) is 9.98 Å². The maximum Gasteiger partial charge on any atom is 0.160 e. The van der Waals surface area contributed by atoms with Crippen LogP contribution in [0.2, 0.25) is 0 Å². The highest BCUT2D eigenvalue weighted by molar-refractivity contribution is 6.14. The number of hydrogen-bond donors (Lipinski definition) is 0. The number of aliphatic imine (C=N–C) groups is 2. The summed E-state index contributed by atoms with van der Waals surface area (Å²) in [6.07, 6.45) is 3.91. The van der Waals surface area contributed by atoms with Crippen LogP contribution in [0, 0.1) is 0 Å². The highest BCUT2D eigenvalue weighted by Crippen LogP contribution is 2.49. The summed E-state index contributed by atoms with van der Waals surface area (Å²) < 4.78 is 6.19. The van der Waals surface area contributed by atoms with Crippen molar-refractivity contribution in [3.05, 3.63) is 156 Å². The minimum atomic E-state index is 0.727. The van der Waals surface area contributed by atoms with Crippen molar-refractivity contribution in [2.75, 3.05) is 4.90 Å². The number of hydrogen-bond acceptors (Lipinski definition) is 4. The molecule has 2 heterocycles. The molecule has 0 saturated carbocycles. The van der Waals surface area contributed by atoms with E-state index in [1.165, 1.54) is 0 Å². The molecule has 0 amide bonds. The Morgan fingerprint density at radius 3 is 1.75 bits per heavy atom. The molecule has 0 aromatic heterocycles. The lowest BCUT2D eigenvalue weighted by molar-refractivity contribution is 0.477. The van der Waals surface area contributed by atoms with Crippen LogP contribution in [0.1, 0.15) is 29.5 Å². The minimum absolute atomic E-state index is 0.727. The molecule has 0 saturated heterocycles. The number of fused-ring (bicyclic) bond motifs is 2. The zero-order chi connectivity index (χ0) is 26.7. The number of benzene rings is 5. The number of rotatable bonds is 4. The summed E-state index contributed by atoms with van der Waals surface area (Å²) in [6, 6.07) is 45.5. The van der Waals surface area contributed by atoms with Crippen molar-refractivity contribution in [1.29, 1.82) is 0 Å². The van der Waals surface area contributed by atoms with Crippen molar-refractivity contribution in [2.45, 2.75) is 12.8 Å². The van der Waals surface area contributed by atoms with Crippen LogP contribution < -0.4 is 9.64 Å². The van der Waals surface area contributed by atoms with E-state index in [1.54, 1.807) is 0 Å².